The number of rotatable bonds is 8. The molecule has 0 saturated heterocycles. The molecule has 0 aliphatic rings. The van der Waals surface area contributed by atoms with Gasteiger partial charge < -0.3 is 4.74 Å². The Labute approximate surface area is 168 Å². The van der Waals surface area contributed by atoms with Gasteiger partial charge in [-0.25, -0.2) is 0 Å². The molecule has 9 nitrogen and oxygen atoms in total. The predicted octanol–water partition coefficient (Wildman–Crippen LogP) is 1.98. The number of nitrogens with zero attached hydrogens (tertiary/aromatic N) is 4. The molecule has 3 aromatic rings. The molecule has 0 saturated carbocycles. The van der Waals surface area contributed by atoms with E-state index in [4.69, 9.17) is 4.74 Å². The number of hydrogen-bond donors (Lipinski definition) is 2. The molecule has 9 heteroatoms. The van der Waals surface area contributed by atoms with Crippen molar-refractivity contribution in [3.63, 3.8) is 0 Å². The maximum Gasteiger partial charge on any atom is 0.269 e. The number of amides is 2. The molecule has 1 aromatic heterocycles. The zero-order chi connectivity index (χ0) is 20.5. The van der Waals surface area contributed by atoms with Crippen LogP contribution in [0.15, 0.2) is 54.6 Å². The summed E-state index contributed by atoms with van der Waals surface area (Å²) in [5, 5.41) is 12.3. The standard InChI is InChI=1S/C20H22N6O3/c1-2-29-17-12-10-16(11-13-17)20(28)23-21-18(27)9-6-14-26-24-19(22-25-26)15-7-4-3-5-8-15/h3-5,7-8,10-13H,2,6,9,14H2,1H3,(H,21,27)(H,23,28). The number of aryl methyl sites for hydroxylation is 1. The lowest BCUT2D eigenvalue weighted by Crippen LogP contribution is -2.41. The maximum atomic E-state index is 12.1. The molecule has 0 bridgehead atoms. The van der Waals surface area contributed by atoms with Crippen LogP contribution < -0.4 is 15.6 Å². The number of aromatic nitrogens is 4. The van der Waals surface area contributed by atoms with E-state index in [1.54, 1.807) is 24.3 Å². The number of nitrogens with one attached hydrogen (secondary N) is 2. The minimum absolute atomic E-state index is 0.214. The highest BCUT2D eigenvalue weighted by atomic mass is 16.5. The van der Waals surface area contributed by atoms with Crippen molar-refractivity contribution in [3.05, 3.63) is 60.2 Å². The van der Waals surface area contributed by atoms with E-state index in [1.807, 2.05) is 37.3 Å². The molecule has 0 radical (unpaired) electrons. The molecule has 0 fully saturated rings. The van der Waals surface area contributed by atoms with Crippen molar-refractivity contribution in [3.8, 4) is 17.1 Å². The van der Waals surface area contributed by atoms with Gasteiger partial charge in [0, 0.05) is 17.5 Å². The van der Waals surface area contributed by atoms with E-state index < -0.39 is 5.91 Å². The fourth-order valence-corrected chi connectivity index (χ4v) is 2.55. The molecule has 0 aliphatic carbocycles. The van der Waals surface area contributed by atoms with Crippen molar-refractivity contribution in [2.24, 2.45) is 0 Å². The third-order valence-electron chi connectivity index (χ3n) is 3.99. The molecule has 2 amide bonds. The Morgan fingerprint density at radius 1 is 1.03 bits per heavy atom. The van der Waals surface area contributed by atoms with Crippen LogP contribution in [-0.4, -0.2) is 38.6 Å². The lowest BCUT2D eigenvalue weighted by Gasteiger charge is -2.08. The van der Waals surface area contributed by atoms with Crippen LogP contribution in [0.2, 0.25) is 0 Å². The number of tetrazole rings is 1. The smallest absolute Gasteiger partial charge is 0.269 e. The quantitative estimate of drug-likeness (QED) is 0.565. The molecule has 0 aliphatic heterocycles. The minimum Gasteiger partial charge on any atom is -0.494 e. The molecule has 0 atom stereocenters. The molecular formula is C20H22N6O3. The van der Waals surface area contributed by atoms with Crippen LogP contribution in [0.25, 0.3) is 11.4 Å². The number of carbonyl (C=O) groups is 2. The first kappa shape index (κ1) is 20.0. The Balaban J connectivity index is 1.39. The van der Waals surface area contributed by atoms with Crippen molar-refractivity contribution >= 4 is 11.8 Å². The summed E-state index contributed by atoms with van der Waals surface area (Å²) in [6.45, 7) is 2.89. The number of carbonyl (C=O) groups excluding carboxylic acids is 2. The van der Waals surface area contributed by atoms with Gasteiger partial charge in [0.15, 0.2) is 0 Å². The highest BCUT2D eigenvalue weighted by Gasteiger charge is 2.09. The zero-order valence-corrected chi connectivity index (χ0v) is 16.0. The summed E-state index contributed by atoms with van der Waals surface area (Å²) in [5.74, 6) is 0.530. The lowest BCUT2D eigenvalue weighted by molar-refractivity contribution is -0.122. The van der Waals surface area contributed by atoms with Gasteiger partial charge in [0.05, 0.1) is 13.2 Å². The van der Waals surface area contributed by atoms with Crippen LogP contribution in [0, 0.1) is 0 Å². The second kappa shape index (κ2) is 9.98. The molecule has 1 heterocycles. The third kappa shape index (κ3) is 5.86. The van der Waals surface area contributed by atoms with Crippen LogP contribution in [-0.2, 0) is 11.3 Å². The summed E-state index contributed by atoms with van der Waals surface area (Å²) in [4.78, 5) is 25.4. The summed E-state index contributed by atoms with van der Waals surface area (Å²) < 4.78 is 5.33. The van der Waals surface area contributed by atoms with Gasteiger partial charge in [-0.1, -0.05) is 30.3 Å². The molecule has 150 valence electrons. The SMILES string of the molecule is CCOc1ccc(C(=O)NNC(=O)CCCn2nnc(-c3ccccc3)n2)cc1. The zero-order valence-electron chi connectivity index (χ0n) is 16.0. The highest BCUT2D eigenvalue weighted by molar-refractivity contribution is 5.95. The van der Waals surface area contributed by atoms with E-state index >= 15 is 0 Å². The summed E-state index contributed by atoms with van der Waals surface area (Å²) >= 11 is 0. The molecule has 0 unspecified atom stereocenters. The van der Waals surface area contributed by atoms with Gasteiger partial charge in [0.2, 0.25) is 11.7 Å². The highest BCUT2D eigenvalue weighted by Crippen LogP contribution is 2.12. The van der Waals surface area contributed by atoms with Crippen LogP contribution in [0.4, 0.5) is 0 Å². The lowest BCUT2D eigenvalue weighted by atomic mass is 10.2. The summed E-state index contributed by atoms with van der Waals surface area (Å²) in [7, 11) is 0. The van der Waals surface area contributed by atoms with E-state index in [2.05, 4.69) is 26.3 Å². The minimum atomic E-state index is -0.396. The average Bonchev–Trinajstić information content (AvgIpc) is 3.22. The van der Waals surface area contributed by atoms with Crippen molar-refractivity contribution in [1.82, 2.24) is 31.1 Å². The fraction of sp³-hybridized carbons (Fsp3) is 0.250. The van der Waals surface area contributed by atoms with Crippen molar-refractivity contribution in [2.75, 3.05) is 6.61 Å². The van der Waals surface area contributed by atoms with Gasteiger partial charge >= 0.3 is 0 Å². The molecule has 3 rings (SSSR count). The first-order chi connectivity index (χ1) is 14.2. The van der Waals surface area contributed by atoms with E-state index in [1.165, 1.54) is 4.80 Å². The van der Waals surface area contributed by atoms with Gasteiger partial charge in [-0.15, -0.1) is 10.2 Å². The molecule has 2 N–H and O–H groups in total. The monoisotopic (exact) mass is 394 g/mol. The maximum absolute atomic E-state index is 12.1. The first-order valence-electron chi connectivity index (χ1n) is 9.31. The van der Waals surface area contributed by atoms with Gasteiger partial charge in [-0.2, -0.15) is 4.80 Å². The number of hydrazine groups is 1. The first-order valence-corrected chi connectivity index (χ1v) is 9.31. The summed E-state index contributed by atoms with van der Waals surface area (Å²) in [6, 6.07) is 16.2. The molecule has 0 spiro atoms. The summed E-state index contributed by atoms with van der Waals surface area (Å²) in [6.07, 6.45) is 0.723. The third-order valence-corrected chi connectivity index (χ3v) is 3.99. The van der Waals surface area contributed by atoms with Crippen LogP contribution in [0.1, 0.15) is 30.1 Å². The van der Waals surface area contributed by atoms with E-state index in [-0.39, 0.29) is 12.3 Å². The Kier molecular flexibility index (Phi) is 6.88. The average molecular weight is 394 g/mol. The largest absolute Gasteiger partial charge is 0.494 e. The van der Waals surface area contributed by atoms with Crippen molar-refractivity contribution in [1.29, 1.82) is 0 Å². The van der Waals surface area contributed by atoms with Crippen molar-refractivity contribution < 1.29 is 14.3 Å². The topological polar surface area (TPSA) is 111 Å². The number of hydrogen-bond acceptors (Lipinski definition) is 6. The normalized spacial score (nSPS) is 10.4. The van der Waals surface area contributed by atoms with Gasteiger partial charge in [0.25, 0.3) is 5.91 Å². The van der Waals surface area contributed by atoms with Crippen molar-refractivity contribution in [2.45, 2.75) is 26.3 Å². The van der Waals surface area contributed by atoms with Crippen LogP contribution in [0.3, 0.4) is 0 Å². The molecular weight excluding hydrogens is 372 g/mol. The Bertz CT molecular complexity index is 940. The Morgan fingerprint density at radius 2 is 1.79 bits per heavy atom. The Hall–Kier alpha value is -3.75. The van der Waals surface area contributed by atoms with Crippen LogP contribution in [0.5, 0.6) is 5.75 Å². The second-order valence-corrected chi connectivity index (χ2v) is 6.14. The van der Waals surface area contributed by atoms with E-state index in [9.17, 15) is 9.59 Å². The second-order valence-electron chi connectivity index (χ2n) is 6.14. The van der Waals surface area contributed by atoms with E-state index in [0.717, 1.165) is 5.56 Å². The number of ether oxygens (including phenoxy) is 1. The van der Waals surface area contributed by atoms with Gasteiger partial charge in [-0.05, 0) is 42.8 Å². The van der Waals surface area contributed by atoms with Gasteiger partial charge in [0.1, 0.15) is 5.75 Å². The van der Waals surface area contributed by atoms with Crippen LogP contribution >= 0.6 is 0 Å². The molecule has 2 aromatic carbocycles. The molecule has 29 heavy (non-hydrogen) atoms. The summed E-state index contributed by atoms with van der Waals surface area (Å²) in [5.41, 5.74) is 6.11. The number of benzene rings is 2. The predicted molar refractivity (Wildman–Crippen MR) is 106 cm³/mol. The van der Waals surface area contributed by atoms with Gasteiger partial charge in [-0.3, -0.25) is 20.4 Å². The fourth-order valence-electron chi connectivity index (χ4n) is 2.55. The van der Waals surface area contributed by atoms with E-state index in [0.29, 0.717) is 36.7 Å². The Morgan fingerprint density at radius 3 is 2.52 bits per heavy atom.